The van der Waals surface area contributed by atoms with E-state index in [0.29, 0.717) is 18.2 Å². The first-order valence-electron chi connectivity index (χ1n) is 7.53. The summed E-state index contributed by atoms with van der Waals surface area (Å²) in [4.78, 5) is 16.2. The molecule has 0 aliphatic rings. The van der Waals surface area contributed by atoms with Gasteiger partial charge in [0.1, 0.15) is 5.82 Å². The number of benzene rings is 1. The van der Waals surface area contributed by atoms with E-state index in [0.717, 1.165) is 17.1 Å². The van der Waals surface area contributed by atoms with Gasteiger partial charge in [0.15, 0.2) is 5.82 Å². The quantitative estimate of drug-likeness (QED) is 0.731. The van der Waals surface area contributed by atoms with Gasteiger partial charge >= 0.3 is 0 Å². The van der Waals surface area contributed by atoms with Crippen molar-refractivity contribution in [2.24, 2.45) is 0 Å². The van der Waals surface area contributed by atoms with E-state index in [-0.39, 0.29) is 6.10 Å². The molecule has 2 N–H and O–H groups in total. The van der Waals surface area contributed by atoms with Crippen molar-refractivity contribution in [3.05, 3.63) is 54.7 Å². The second-order valence-electron chi connectivity index (χ2n) is 5.34. The fourth-order valence-electron chi connectivity index (χ4n) is 2.14. The van der Waals surface area contributed by atoms with Crippen molar-refractivity contribution in [3.63, 3.8) is 0 Å². The van der Waals surface area contributed by atoms with Gasteiger partial charge in [0.25, 0.3) is 5.88 Å². The lowest BCUT2D eigenvalue weighted by Crippen LogP contribution is -2.11. The highest BCUT2D eigenvalue weighted by Crippen LogP contribution is 2.20. The highest BCUT2D eigenvalue weighted by atomic mass is 16.5. The molecule has 1 aromatic carbocycles. The summed E-state index contributed by atoms with van der Waals surface area (Å²) in [5.74, 6) is 1.93. The largest absolute Gasteiger partial charge is 0.472 e. The number of nitrogens with one attached hydrogen (secondary N) is 2. The van der Waals surface area contributed by atoms with Crippen LogP contribution in [0.5, 0.6) is 5.88 Å². The minimum absolute atomic E-state index is 0.0422. The highest BCUT2D eigenvalue weighted by Gasteiger charge is 2.09. The summed E-state index contributed by atoms with van der Waals surface area (Å²) < 4.78 is 5.64. The van der Waals surface area contributed by atoms with Crippen LogP contribution in [0, 0.1) is 0 Å². The fraction of sp³-hybridized carbons (Fsp3) is 0.235. The van der Waals surface area contributed by atoms with Gasteiger partial charge in [-0.15, -0.1) is 0 Å². The van der Waals surface area contributed by atoms with Gasteiger partial charge in [0.2, 0.25) is 0 Å². The molecular weight excluding hydrogens is 290 g/mol. The molecule has 6 nitrogen and oxygen atoms in total. The van der Waals surface area contributed by atoms with E-state index in [1.54, 1.807) is 12.4 Å². The Morgan fingerprint density at radius 3 is 2.65 bits per heavy atom. The van der Waals surface area contributed by atoms with E-state index in [1.807, 2.05) is 50.4 Å². The number of anilines is 1. The first-order chi connectivity index (χ1) is 11.2. The molecule has 0 saturated carbocycles. The Balaban J connectivity index is 1.69. The predicted molar refractivity (Wildman–Crippen MR) is 89.1 cm³/mol. The molecule has 0 amide bonds. The zero-order valence-corrected chi connectivity index (χ0v) is 13.2. The lowest BCUT2D eigenvalue weighted by molar-refractivity contribution is 0.233. The van der Waals surface area contributed by atoms with Crippen LogP contribution in [0.2, 0.25) is 0 Å². The molecule has 0 aliphatic carbocycles. The molecule has 6 heteroatoms. The van der Waals surface area contributed by atoms with E-state index in [1.165, 1.54) is 0 Å². The zero-order valence-electron chi connectivity index (χ0n) is 13.2. The topological polar surface area (TPSA) is 75.7 Å². The summed E-state index contributed by atoms with van der Waals surface area (Å²) >= 11 is 0. The van der Waals surface area contributed by atoms with E-state index in [9.17, 15) is 0 Å². The number of H-pyrrole nitrogens is 1. The van der Waals surface area contributed by atoms with Crippen LogP contribution in [0.1, 0.15) is 19.7 Å². The Morgan fingerprint density at radius 1 is 1.09 bits per heavy atom. The van der Waals surface area contributed by atoms with Crippen molar-refractivity contribution >= 4 is 5.82 Å². The molecule has 0 bridgehead atoms. The van der Waals surface area contributed by atoms with E-state index in [2.05, 4.69) is 25.3 Å². The third-order valence-electron chi connectivity index (χ3n) is 3.15. The maximum absolute atomic E-state index is 5.64. The highest BCUT2D eigenvalue weighted by molar-refractivity contribution is 5.58. The Hall–Kier alpha value is -2.89. The van der Waals surface area contributed by atoms with Gasteiger partial charge in [0, 0.05) is 12.4 Å². The molecule has 0 saturated heterocycles. The van der Waals surface area contributed by atoms with Crippen molar-refractivity contribution in [1.82, 2.24) is 19.9 Å². The van der Waals surface area contributed by atoms with Crippen molar-refractivity contribution < 1.29 is 4.74 Å². The van der Waals surface area contributed by atoms with Gasteiger partial charge < -0.3 is 15.0 Å². The normalized spacial score (nSPS) is 10.7. The lowest BCUT2D eigenvalue weighted by atomic mass is 10.2. The SMILES string of the molecule is CC(C)Oc1nccnc1NCc1ncc(-c2ccccc2)[nH]1. The fourth-order valence-corrected chi connectivity index (χ4v) is 2.14. The van der Waals surface area contributed by atoms with Gasteiger partial charge in [-0.25, -0.2) is 15.0 Å². The van der Waals surface area contributed by atoms with Gasteiger partial charge in [-0.2, -0.15) is 0 Å². The summed E-state index contributed by atoms with van der Waals surface area (Å²) in [5.41, 5.74) is 2.09. The van der Waals surface area contributed by atoms with Crippen LogP contribution in [-0.2, 0) is 6.54 Å². The molecule has 0 aliphatic heterocycles. The number of ether oxygens (including phenoxy) is 1. The van der Waals surface area contributed by atoms with Crippen LogP contribution >= 0.6 is 0 Å². The molecule has 23 heavy (non-hydrogen) atoms. The van der Waals surface area contributed by atoms with Gasteiger partial charge in [-0.05, 0) is 19.4 Å². The second-order valence-corrected chi connectivity index (χ2v) is 5.34. The smallest absolute Gasteiger partial charge is 0.257 e. The van der Waals surface area contributed by atoms with Gasteiger partial charge in [-0.3, -0.25) is 0 Å². The molecule has 2 aromatic heterocycles. The van der Waals surface area contributed by atoms with Gasteiger partial charge in [-0.1, -0.05) is 30.3 Å². The molecule has 0 radical (unpaired) electrons. The number of hydrogen-bond donors (Lipinski definition) is 2. The Bertz CT molecular complexity index is 754. The molecule has 0 unspecified atom stereocenters. The summed E-state index contributed by atoms with van der Waals surface area (Å²) in [7, 11) is 0. The summed E-state index contributed by atoms with van der Waals surface area (Å²) in [6.07, 6.45) is 5.12. The molecule has 0 atom stereocenters. The first kappa shape index (κ1) is 15.0. The summed E-state index contributed by atoms with van der Waals surface area (Å²) in [5, 5.41) is 3.21. The predicted octanol–water partition coefficient (Wildman–Crippen LogP) is 3.27. The minimum Gasteiger partial charge on any atom is -0.472 e. The molecular formula is C17H19N5O. The average Bonchev–Trinajstić information content (AvgIpc) is 3.03. The van der Waals surface area contributed by atoms with Crippen molar-refractivity contribution in [3.8, 4) is 17.1 Å². The molecule has 3 aromatic rings. The number of aromatic nitrogens is 4. The van der Waals surface area contributed by atoms with E-state index >= 15 is 0 Å². The van der Waals surface area contributed by atoms with Gasteiger partial charge in [0.05, 0.1) is 24.5 Å². The minimum atomic E-state index is 0.0422. The number of imidazole rings is 1. The monoisotopic (exact) mass is 309 g/mol. The van der Waals surface area contributed by atoms with Crippen molar-refractivity contribution in [2.75, 3.05) is 5.32 Å². The third kappa shape index (κ3) is 3.85. The van der Waals surface area contributed by atoms with Crippen LogP contribution in [0.4, 0.5) is 5.82 Å². The number of rotatable bonds is 6. The molecule has 0 fully saturated rings. The number of nitrogens with zero attached hydrogens (tertiary/aromatic N) is 3. The van der Waals surface area contributed by atoms with Crippen LogP contribution in [0.3, 0.4) is 0 Å². The second kappa shape index (κ2) is 6.91. The first-order valence-corrected chi connectivity index (χ1v) is 7.53. The number of aromatic amines is 1. The standard InChI is InChI=1S/C17H19N5O/c1-12(2)23-17-16(18-8-9-19-17)21-11-15-20-10-14(22-15)13-6-4-3-5-7-13/h3-10,12H,11H2,1-2H3,(H,18,21)(H,20,22). The van der Waals surface area contributed by atoms with Crippen molar-refractivity contribution in [1.29, 1.82) is 0 Å². The Kier molecular flexibility index (Phi) is 4.52. The Labute approximate surface area is 135 Å². The lowest BCUT2D eigenvalue weighted by Gasteiger charge is -2.12. The molecule has 2 heterocycles. The summed E-state index contributed by atoms with van der Waals surface area (Å²) in [6.45, 7) is 4.42. The average molecular weight is 309 g/mol. The van der Waals surface area contributed by atoms with E-state index in [4.69, 9.17) is 4.74 Å². The maximum atomic E-state index is 5.64. The maximum Gasteiger partial charge on any atom is 0.257 e. The van der Waals surface area contributed by atoms with Crippen LogP contribution in [-0.4, -0.2) is 26.0 Å². The molecule has 0 spiro atoms. The van der Waals surface area contributed by atoms with Crippen molar-refractivity contribution in [2.45, 2.75) is 26.5 Å². The molecule has 118 valence electrons. The molecule has 3 rings (SSSR count). The van der Waals surface area contributed by atoms with Crippen LogP contribution in [0.15, 0.2) is 48.9 Å². The van der Waals surface area contributed by atoms with E-state index < -0.39 is 0 Å². The Morgan fingerprint density at radius 2 is 1.87 bits per heavy atom. The zero-order chi connectivity index (χ0) is 16.1. The van der Waals surface area contributed by atoms with Crippen LogP contribution in [0.25, 0.3) is 11.3 Å². The van der Waals surface area contributed by atoms with Crippen LogP contribution < -0.4 is 10.1 Å². The number of hydrogen-bond acceptors (Lipinski definition) is 5. The summed E-state index contributed by atoms with van der Waals surface area (Å²) in [6, 6.07) is 10.1. The third-order valence-corrected chi connectivity index (χ3v) is 3.15.